The van der Waals surface area contributed by atoms with Crippen LogP contribution in [0.15, 0.2) is 12.1 Å². The van der Waals surface area contributed by atoms with Gasteiger partial charge in [-0.3, -0.25) is 4.79 Å². The van der Waals surface area contributed by atoms with Gasteiger partial charge < -0.3 is 0 Å². The molecule has 0 fully saturated rings. The van der Waals surface area contributed by atoms with E-state index in [0.717, 1.165) is 16.0 Å². The minimum atomic E-state index is 0.729. The summed E-state index contributed by atoms with van der Waals surface area (Å²) in [6, 6.07) is 3.63. The van der Waals surface area contributed by atoms with E-state index in [9.17, 15) is 4.79 Å². The molecule has 0 atom stereocenters. The van der Waals surface area contributed by atoms with E-state index in [1.54, 1.807) is 6.07 Å². The summed E-state index contributed by atoms with van der Waals surface area (Å²) in [5.74, 6) is 2.91. The second kappa shape index (κ2) is 4.80. The SMILES string of the molecule is O=Cc1ccc(C#CSI)s1. The van der Waals surface area contributed by atoms with Gasteiger partial charge in [0.05, 0.1) is 9.75 Å². The Morgan fingerprint density at radius 1 is 1.64 bits per heavy atom. The van der Waals surface area contributed by atoms with Gasteiger partial charge in [-0.2, -0.15) is 0 Å². The first-order valence-corrected chi connectivity index (χ1v) is 6.88. The van der Waals surface area contributed by atoms with Crippen LogP contribution in [0.1, 0.15) is 14.5 Å². The van der Waals surface area contributed by atoms with E-state index in [-0.39, 0.29) is 0 Å². The average molecular weight is 294 g/mol. The van der Waals surface area contributed by atoms with Gasteiger partial charge in [0.15, 0.2) is 6.29 Å². The lowest BCUT2D eigenvalue weighted by atomic mass is 10.4. The van der Waals surface area contributed by atoms with Crippen LogP contribution in [0.4, 0.5) is 0 Å². The largest absolute Gasteiger partial charge is 0.297 e. The molecule has 1 heterocycles. The number of hydrogen-bond acceptors (Lipinski definition) is 3. The Kier molecular flexibility index (Phi) is 3.97. The smallest absolute Gasteiger partial charge is 0.160 e. The standard InChI is InChI=1S/C7H3IOS2/c8-10-4-3-6-1-2-7(5-9)11-6/h1-2,5H. The maximum Gasteiger partial charge on any atom is 0.160 e. The lowest BCUT2D eigenvalue weighted by Crippen LogP contribution is -1.62. The highest BCUT2D eigenvalue weighted by atomic mass is 127. The zero-order valence-electron chi connectivity index (χ0n) is 5.33. The maximum atomic E-state index is 10.2. The summed E-state index contributed by atoms with van der Waals surface area (Å²) in [7, 11) is 1.44. The van der Waals surface area contributed by atoms with Crippen molar-refractivity contribution in [3.05, 3.63) is 21.9 Å². The van der Waals surface area contributed by atoms with Gasteiger partial charge in [0.25, 0.3) is 0 Å². The highest BCUT2D eigenvalue weighted by Gasteiger charge is 1.93. The van der Waals surface area contributed by atoms with Gasteiger partial charge in [0, 0.05) is 21.2 Å². The lowest BCUT2D eigenvalue weighted by molar-refractivity contribution is 0.112. The van der Waals surface area contributed by atoms with Crippen molar-refractivity contribution in [2.24, 2.45) is 0 Å². The molecule has 4 heteroatoms. The summed E-state index contributed by atoms with van der Waals surface area (Å²) < 4.78 is 0. The molecule has 1 aromatic rings. The van der Waals surface area contributed by atoms with Crippen molar-refractivity contribution >= 4 is 47.8 Å². The van der Waals surface area contributed by atoms with E-state index < -0.39 is 0 Å². The molecule has 0 amide bonds. The molecular formula is C7H3IOS2. The van der Waals surface area contributed by atoms with Crippen molar-refractivity contribution in [3.8, 4) is 11.2 Å². The third-order valence-electron chi connectivity index (χ3n) is 0.956. The van der Waals surface area contributed by atoms with Gasteiger partial charge in [0.2, 0.25) is 0 Å². The predicted octanol–water partition coefficient (Wildman–Crippen LogP) is 2.95. The van der Waals surface area contributed by atoms with E-state index in [2.05, 4.69) is 32.4 Å². The van der Waals surface area contributed by atoms with Gasteiger partial charge in [-0.05, 0) is 32.2 Å². The fourth-order valence-corrected chi connectivity index (χ4v) is 1.77. The van der Waals surface area contributed by atoms with Crippen molar-refractivity contribution in [3.63, 3.8) is 0 Å². The number of hydrogen-bond donors (Lipinski definition) is 0. The van der Waals surface area contributed by atoms with E-state index in [4.69, 9.17) is 0 Å². The molecule has 0 unspecified atom stereocenters. The first-order chi connectivity index (χ1) is 5.36. The molecule has 0 aliphatic rings. The Bertz CT molecular complexity index is 308. The van der Waals surface area contributed by atoms with Crippen LogP contribution in [0.5, 0.6) is 0 Å². The summed E-state index contributed by atoms with van der Waals surface area (Å²) in [6.45, 7) is 0. The Hall–Kier alpha value is 0.01000. The number of halogens is 1. The molecule has 0 bridgehead atoms. The molecule has 1 aromatic heterocycles. The van der Waals surface area contributed by atoms with Crippen LogP contribution in [0.25, 0.3) is 0 Å². The number of rotatable bonds is 1. The Balaban J connectivity index is 2.80. The molecule has 0 aliphatic carbocycles. The number of aldehydes is 1. The second-order valence-electron chi connectivity index (χ2n) is 1.62. The van der Waals surface area contributed by atoms with Crippen molar-refractivity contribution < 1.29 is 4.79 Å². The van der Waals surface area contributed by atoms with Crippen LogP contribution < -0.4 is 0 Å². The number of carbonyl (C=O) groups is 1. The predicted molar refractivity (Wildman–Crippen MR) is 58.2 cm³/mol. The fourth-order valence-electron chi connectivity index (χ4n) is 0.553. The summed E-state index contributed by atoms with van der Waals surface area (Å²) >= 11 is 3.52. The molecular weight excluding hydrogens is 291 g/mol. The summed E-state index contributed by atoms with van der Waals surface area (Å²) in [5, 5.41) is 2.85. The topological polar surface area (TPSA) is 17.1 Å². The second-order valence-corrected chi connectivity index (χ2v) is 4.42. The van der Waals surface area contributed by atoms with Crippen molar-refractivity contribution in [1.29, 1.82) is 0 Å². The first kappa shape index (κ1) is 9.10. The van der Waals surface area contributed by atoms with Gasteiger partial charge in [-0.25, -0.2) is 0 Å². The average Bonchev–Trinajstić information content (AvgIpc) is 2.48. The first-order valence-electron chi connectivity index (χ1n) is 2.70. The van der Waals surface area contributed by atoms with Crippen LogP contribution in [0, 0.1) is 11.2 Å². The highest BCUT2D eigenvalue weighted by Crippen LogP contribution is 2.14. The molecule has 1 nitrogen and oxygen atoms in total. The van der Waals surface area contributed by atoms with Gasteiger partial charge in [-0.15, -0.1) is 11.3 Å². The zero-order valence-corrected chi connectivity index (χ0v) is 9.13. The molecule has 0 saturated carbocycles. The monoisotopic (exact) mass is 294 g/mol. The third kappa shape index (κ3) is 2.85. The Morgan fingerprint density at radius 2 is 2.45 bits per heavy atom. The third-order valence-corrected chi connectivity index (χ3v) is 2.72. The van der Waals surface area contributed by atoms with Crippen LogP contribution in [-0.4, -0.2) is 6.29 Å². The van der Waals surface area contributed by atoms with Crippen LogP contribution in [-0.2, 0) is 0 Å². The minimum Gasteiger partial charge on any atom is -0.297 e. The van der Waals surface area contributed by atoms with Crippen molar-refractivity contribution in [2.45, 2.75) is 0 Å². The van der Waals surface area contributed by atoms with E-state index in [1.165, 1.54) is 20.3 Å². The lowest BCUT2D eigenvalue weighted by Gasteiger charge is -1.73. The van der Waals surface area contributed by atoms with Crippen LogP contribution in [0.2, 0.25) is 0 Å². The molecule has 11 heavy (non-hydrogen) atoms. The quantitative estimate of drug-likeness (QED) is 0.450. The summed E-state index contributed by atoms with van der Waals surface area (Å²) in [6.07, 6.45) is 0.840. The molecule has 0 spiro atoms. The number of thiophene rings is 1. The molecule has 0 aromatic carbocycles. The minimum absolute atomic E-state index is 0.729. The van der Waals surface area contributed by atoms with Gasteiger partial charge in [-0.1, -0.05) is 0 Å². The van der Waals surface area contributed by atoms with Gasteiger partial charge in [0.1, 0.15) is 0 Å². The molecule has 0 saturated heterocycles. The van der Waals surface area contributed by atoms with E-state index in [0.29, 0.717) is 0 Å². The molecule has 0 N–H and O–H groups in total. The Morgan fingerprint density at radius 3 is 3.00 bits per heavy atom. The highest BCUT2D eigenvalue weighted by molar-refractivity contribution is 14.2. The molecule has 1 rings (SSSR count). The molecule has 0 aliphatic heterocycles. The number of carbonyl (C=O) groups excluding carboxylic acids is 1. The van der Waals surface area contributed by atoms with Crippen molar-refractivity contribution in [2.75, 3.05) is 0 Å². The molecule has 0 radical (unpaired) electrons. The van der Waals surface area contributed by atoms with Gasteiger partial charge >= 0.3 is 0 Å². The summed E-state index contributed by atoms with van der Waals surface area (Å²) in [5.41, 5.74) is 0. The van der Waals surface area contributed by atoms with Crippen LogP contribution in [0.3, 0.4) is 0 Å². The molecule has 56 valence electrons. The van der Waals surface area contributed by atoms with E-state index >= 15 is 0 Å². The normalized spacial score (nSPS) is 8.45. The maximum absolute atomic E-state index is 10.2. The Labute approximate surface area is 85.2 Å². The van der Waals surface area contributed by atoms with Crippen LogP contribution >= 0.6 is 41.5 Å². The zero-order chi connectivity index (χ0) is 8.10. The fraction of sp³-hybridized carbons (Fsp3) is 0. The van der Waals surface area contributed by atoms with Crippen molar-refractivity contribution in [1.82, 2.24) is 0 Å². The summed E-state index contributed by atoms with van der Waals surface area (Å²) in [4.78, 5) is 11.9. The van der Waals surface area contributed by atoms with E-state index in [1.807, 2.05) is 6.07 Å².